The van der Waals surface area contributed by atoms with Crippen LogP contribution < -0.4 is 9.46 Å². The van der Waals surface area contributed by atoms with E-state index in [1.165, 1.54) is 12.8 Å². The molecule has 22 heavy (non-hydrogen) atoms. The minimum absolute atomic E-state index is 0.219. The topological polar surface area (TPSA) is 68.3 Å². The van der Waals surface area contributed by atoms with Gasteiger partial charge in [-0.1, -0.05) is 0 Å². The zero-order valence-corrected chi connectivity index (χ0v) is 14.1. The molecule has 0 amide bonds. The number of nitrogens with zero attached hydrogens (tertiary/aromatic N) is 1. The largest absolute Gasteiger partial charge is 0.497 e. The van der Waals surface area contributed by atoms with Crippen molar-refractivity contribution in [2.45, 2.75) is 37.1 Å². The van der Waals surface area contributed by atoms with Crippen molar-refractivity contribution < 1.29 is 13.2 Å². The number of thiazole rings is 1. The molecule has 1 saturated carbocycles. The van der Waals surface area contributed by atoms with Gasteiger partial charge in [0.2, 0.25) is 10.0 Å². The van der Waals surface area contributed by atoms with E-state index < -0.39 is 10.0 Å². The lowest BCUT2D eigenvalue weighted by Crippen LogP contribution is -2.24. The second kappa shape index (κ2) is 5.98. The minimum Gasteiger partial charge on any atom is -0.497 e. The lowest BCUT2D eigenvalue weighted by Gasteiger charge is -2.09. The molecule has 2 aromatic rings. The van der Waals surface area contributed by atoms with Gasteiger partial charge in [-0.2, -0.15) is 0 Å². The van der Waals surface area contributed by atoms with Crippen LogP contribution >= 0.6 is 11.3 Å². The van der Waals surface area contributed by atoms with Crippen LogP contribution in [0.15, 0.2) is 28.5 Å². The molecule has 0 bridgehead atoms. The molecular formula is C15H18N2O3S2. The van der Waals surface area contributed by atoms with Gasteiger partial charge in [-0.25, -0.2) is 18.1 Å². The van der Waals surface area contributed by atoms with Crippen LogP contribution in [0.4, 0.5) is 0 Å². The Morgan fingerprint density at radius 3 is 2.82 bits per heavy atom. The third kappa shape index (κ3) is 3.31. The van der Waals surface area contributed by atoms with Crippen molar-refractivity contribution in [2.75, 3.05) is 7.11 Å². The fourth-order valence-corrected chi connectivity index (χ4v) is 4.43. The highest BCUT2D eigenvalue weighted by molar-refractivity contribution is 7.89. The van der Waals surface area contributed by atoms with Crippen LogP contribution in [0.2, 0.25) is 0 Å². The summed E-state index contributed by atoms with van der Waals surface area (Å²) in [5.41, 5.74) is 1.44. The SMILES string of the molecule is COc1ccc(S(=O)(=O)NCc2csc(C3CC3)n2)c(C)c1. The summed E-state index contributed by atoms with van der Waals surface area (Å²) in [4.78, 5) is 4.76. The van der Waals surface area contributed by atoms with Crippen LogP contribution in [0.1, 0.15) is 35.0 Å². The summed E-state index contributed by atoms with van der Waals surface area (Å²) in [6, 6.07) is 4.92. The maximum absolute atomic E-state index is 12.4. The van der Waals surface area contributed by atoms with Crippen LogP contribution in [0.25, 0.3) is 0 Å². The molecule has 3 rings (SSSR count). The van der Waals surface area contributed by atoms with Gasteiger partial charge in [0.25, 0.3) is 0 Å². The number of sulfonamides is 1. The summed E-state index contributed by atoms with van der Waals surface area (Å²) in [6.45, 7) is 1.97. The Kier molecular flexibility index (Phi) is 4.20. The average Bonchev–Trinajstić information content (AvgIpc) is 3.23. The van der Waals surface area contributed by atoms with Gasteiger partial charge in [0.1, 0.15) is 5.75 Å². The molecular weight excluding hydrogens is 320 g/mol. The van der Waals surface area contributed by atoms with E-state index in [0.29, 0.717) is 17.2 Å². The van der Waals surface area contributed by atoms with Gasteiger partial charge in [0.05, 0.1) is 29.3 Å². The number of hydrogen-bond donors (Lipinski definition) is 1. The second-order valence-electron chi connectivity index (χ2n) is 5.41. The molecule has 1 aliphatic carbocycles. The highest BCUT2D eigenvalue weighted by Gasteiger charge is 2.26. The van der Waals surface area contributed by atoms with E-state index in [4.69, 9.17) is 4.74 Å². The Balaban J connectivity index is 1.72. The number of aromatic nitrogens is 1. The predicted octanol–water partition coefficient (Wildman–Crippen LogP) is 2.82. The van der Waals surface area contributed by atoms with E-state index in [2.05, 4.69) is 9.71 Å². The van der Waals surface area contributed by atoms with Gasteiger partial charge in [-0.15, -0.1) is 11.3 Å². The molecule has 0 aliphatic heterocycles. The van der Waals surface area contributed by atoms with Crippen molar-refractivity contribution in [2.24, 2.45) is 0 Å². The molecule has 0 unspecified atom stereocenters. The van der Waals surface area contributed by atoms with E-state index in [1.54, 1.807) is 43.6 Å². The number of nitrogens with one attached hydrogen (secondary N) is 1. The number of aryl methyl sites for hydroxylation is 1. The van der Waals surface area contributed by atoms with Crippen molar-refractivity contribution in [3.05, 3.63) is 39.8 Å². The first kappa shape index (κ1) is 15.5. The highest BCUT2D eigenvalue weighted by Crippen LogP contribution is 2.41. The minimum atomic E-state index is -3.55. The Labute approximate surface area is 134 Å². The van der Waals surface area contributed by atoms with Crippen LogP contribution in [-0.4, -0.2) is 20.5 Å². The second-order valence-corrected chi connectivity index (χ2v) is 8.03. The first-order valence-corrected chi connectivity index (χ1v) is 9.44. The third-order valence-corrected chi connectivity index (χ3v) is 6.23. The number of ether oxygens (including phenoxy) is 1. The van der Waals surface area contributed by atoms with Crippen molar-refractivity contribution in [3.63, 3.8) is 0 Å². The molecule has 0 spiro atoms. The smallest absolute Gasteiger partial charge is 0.241 e. The summed E-state index contributed by atoms with van der Waals surface area (Å²) in [7, 11) is -1.99. The highest BCUT2D eigenvalue weighted by atomic mass is 32.2. The summed E-state index contributed by atoms with van der Waals surface area (Å²) in [6.07, 6.45) is 2.40. The Morgan fingerprint density at radius 2 is 2.18 bits per heavy atom. The number of methoxy groups -OCH3 is 1. The molecule has 1 fully saturated rings. The molecule has 7 heteroatoms. The molecule has 0 saturated heterocycles. The van der Waals surface area contributed by atoms with E-state index in [-0.39, 0.29) is 11.4 Å². The fourth-order valence-electron chi connectivity index (χ4n) is 2.22. The van der Waals surface area contributed by atoms with E-state index in [0.717, 1.165) is 10.7 Å². The van der Waals surface area contributed by atoms with Gasteiger partial charge in [0.15, 0.2) is 0 Å². The van der Waals surface area contributed by atoms with Crippen LogP contribution in [-0.2, 0) is 16.6 Å². The molecule has 0 radical (unpaired) electrons. The molecule has 1 aliphatic rings. The summed E-state index contributed by atoms with van der Waals surface area (Å²) < 4.78 is 32.5. The third-order valence-electron chi connectivity index (χ3n) is 3.61. The standard InChI is InChI=1S/C15H18N2O3S2/c1-10-7-13(20-2)5-6-14(10)22(18,19)16-8-12-9-21-15(17-12)11-3-4-11/h5-7,9,11,16H,3-4,8H2,1-2H3. The van der Waals surface area contributed by atoms with E-state index in [9.17, 15) is 8.42 Å². The quantitative estimate of drug-likeness (QED) is 0.879. The Morgan fingerprint density at radius 1 is 1.41 bits per heavy atom. The zero-order valence-electron chi connectivity index (χ0n) is 12.5. The molecule has 1 aromatic carbocycles. The monoisotopic (exact) mass is 338 g/mol. The van der Waals surface area contributed by atoms with Crippen LogP contribution in [0, 0.1) is 6.92 Å². The zero-order chi connectivity index (χ0) is 15.7. The van der Waals surface area contributed by atoms with Gasteiger partial charge in [-0.3, -0.25) is 0 Å². The molecule has 0 atom stereocenters. The van der Waals surface area contributed by atoms with Crippen LogP contribution in [0.3, 0.4) is 0 Å². The molecule has 5 nitrogen and oxygen atoms in total. The lowest BCUT2D eigenvalue weighted by molar-refractivity contribution is 0.414. The van der Waals surface area contributed by atoms with Gasteiger partial charge >= 0.3 is 0 Å². The number of hydrogen-bond acceptors (Lipinski definition) is 5. The van der Waals surface area contributed by atoms with Crippen molar-refractivity contribution in [3.8, 4) is 5.75 Å². The Hall–Kier alpha value is -1.44. The van der Waals surface area contributed by atoms with E-state index in [1.807, 2.05) is 5.38 Å². The van der Waals surface area contributed by atoms with Gasteiger partial charge in [0, 0.05) is 11.3 Å². The molecule has 118 valence electrons. The normalized spacial score (nSPS) is 15.0. The van der Waals surface area contributed by atoms with Crippen molar-refractivity contribution >= 4 is 21.4 Å². The van der Waals surface area contributed by atoms with Crippen molar-refractivity contribution in [1.29, 1.82) is 0 Å². The van der Waals surface area contributed by atoms with Crippen molar-refractivity contribution in [1.82, 2.24) is 9.71 Å². The fraction of sp³-hybridized carbons (Fsp3) is 0.400. The Bertz CT molecular complexity index is 780. The molecule has 1 N–H and O–H groups in total. The maximum atomic E-state index is 12.4. The molecule has 1 heterocycles. The molecule has 1 aromatic heterocycles. The maximum Gasteiger partial charge on any atom is 0.241 e. The van der Waals surface area contributed by atoms with Crippen LogP contribution in [0.5, 0.6) is 5.75 Å². The first-order chi connectivity index (χ1) is 10.5. The van der Waals surface area contributed by atoms with Gasteiger partial charge in [-0.05, 0) is 43.5 Å². The van der Waals surface area contributed by atoms with E-state index >= 15 is 0 Å². The summed E-state index contributed by atoms with van der Waals surface area (Å²) >= 11 is 1.61. The predicted molar refractivity (Wildman–Crippen MR) is 85.8 cm³/mol. The summed E-state index contributed by atoms with van der Waals surface area (Å²) in [5, 5.41) is 3.05. The summed E-state index contributed by atoms with van der Waals surface area (Å²) in [5.74, 6) is 1.24. The number of rotatable bonds is 6. The average molecular weight is 338 g/mol. The van der Waals surface area contributed by atoms with Gasteiger partial charge < -0.3 is 4.74 Å². The first-order valence-electron chi connectivity index (χ1n) is 7.08. The lowest BCUT2D eigenvalue weighted by atomic mass is 10.2. The number of benzene rings is 1.